The Balaban J connectivity index is 1.94. The van der Waals surface area contributed by atoms with Gasteiger partial charge >= 0.3 is 5.97 Å². The van der Waals surface area contributed by atoms with Crippen molar-refractivity contribution in [2.45, 2.75) is 32.1 Å². The zero-order chi connectivity index (χ0) is 16.8. The van der Waals surface area contributed by atoms with Gasteiger partial charge in [0.25, 0.3) is 0 Å². The van der Waals surface area contributed by atoms with Crippen LogP contribution in [0.25, 0.3) is 0 Å². The van der Waals surface area contributed by atoms with Crippen LogP contribution in [0.15, 0.2) is 40.8 Å². The van der Waals surface area contributed by atoms with Gasteiger partial charge in [0.15, 0.2) is 0 Å². The highest BCUT2D eigenvalue weighted by molar-refractivity contribution is 5.84. The molecule has 0 aliphatic rings. The van der Waals surface area contributed by atoms with Crippen LogP contribution in [-0.4, -0.2) is 17.7 Å². The Kier molecular flexibility index (Phi) is 5.42. The van der Waals surface area contributed by atoms with E-state index in [1.807, 2.05) is 24.3 Å². The molecule has 2 aromatic rings. The highest BCUT2D eigenvalue weighted by Crippen LogP contribution is 2.24. The molecule has 23 heavy (non-hydrogen) atoms. The number of ether oxygens (including phenoxy) is 1. The number of hydrogen-bond acceptors (Lipinski definition) is 4. The fourth-order valence-corrected chi connectivity index (χ4v) is 2.18. The van der Waals surface area contributed by atoms with Crippen molar-refractivity contribution in [3.8, 4) is 11.8 Å². The number of benzene rings is 1. The van der Waals surface area contributed by atoms with Gasteiger partial charge in [0.05, 0.1) is 12.7 Å². The van der Waals surface area contributed by atoms with E-state index in [1.54, 1.807) is 0 Å². The molecule has 0 spiro atoms. The number of nitriles is 1. The average molecular weight is 313 g/mol. The van der Waals surface area contributed by atoms with Gasteiger partial charge in [-0.15, -0.1) is 0 Å². The van der Waals surface area contributed by atoms with Crippen molar-refractivity contribution < 1.29 is 19.1 Å². The maximum atomic E-state index is 10.8. The summed E-state index contributed by atoms with van der Waals surface area (Å²) in [5.41, 5.74) is 1.19. The Hall–Kier alpha value is -2.74. The van der Waals surface area contributed by atoms with E-state index in [4.69, 9.17) is 14.3 Å². The third-order valence-electron chi connectivity index (χ3n) is 3.54. The van der Waals surface area contributed by atoms with E-state index in [2.05, 4.69) is 19.9 Å². The van der Waals surface area contributed by atoms with E-state index in [0.717, 1.165) is 5.75 Å². The molecule has 0 amide bonds. The van der Waals surface area contributed by atoms with Crippen LogP contribution < -0.4 is 4.74 Å². The van der Waals surface area contributed by atoms with Crippen molar-refractivity contribution in [1.82, 2.24) is 0 Å². The number of aromatic carboxylic acids is 1. The van der Waals surface area contributed by atoms with Crippen LogP contribution in [0.1, 0.15) is 54.0 Å². The van der Waals surface area contributed by atoms with Gasteiger partial charge in [-0.3, -0.25) is 0 Å². The van der Waals surface area contributed by atoms with Gasteiger partial charge in [0.1, 0.15) is 17.4 Å². The maximum absolute atomic E-state index is 10.8. The zero-order valence-corrected chi connectivity index (χ0v) is 13.2. The second-order valence-electron chi connectivity index (χ2n) is 5.55. The number of carbonyl (C=O) groups is 1. The van der Waals surface area contributed by atoms with Gasteiger partial charge in [-0.2, -0.15) is 5.26 Å². The van der Waals surface area contributed by atoms with Crippen LogP contribution in [0.2, 0.25) is 0 Å². The van der Waals surface area contributed by atoms with Crippen LogP contribution in [0.4, 0.5) is 0 Å². The molecule has 1 atom stereocenters. The van der Waals surface area contributed by atoms with Crippen molar-refractivity contribution in [2.24, 2.45) is 0 Å². The monoisotopic (exact) mass is 313 g/mol. The summed E-state index contributed by atoms with van der Waals surface area (Å²) in [5, 5.41) is 18.1. The first-order valence-electron chi connectivity index (χ1n) is 7.46. The molecule has 0 bridgehead atoms. The van der Waals surface area contributed by atoms with Crippen LogP contribution in [-0.2, 0) is 0 Å². The summed E-state index contributed by atoms with van der Waals surface area (Å²) in [6, 6.07) is 12.9. The van der Waals surface area contributed by atoms with Gasteiger partial charge in [0.2, 0.25) is 5.76 Å². The van der Waals surface area contributed by atoms with Crippen LogP contribution in [0.3, 0.4) is 0 Å². The van der Waals surface area contributed by atoms with E-state index in [1.165, 1.54) is 17.7 Å². The Morgan fingerprint density at radius 3 is 2.74 bits per heavy atom. The lowest BCUT2D eigenvalue weighted by molar-refractivity contribution is 0.0660. The third-order valence-corrected chi connectivity index (χ3v) is 3.54. The fourth-order valence-electron chi connectivity index (χ4n) is 2.18. The van der Waals surface area contributed by atoms with Gasteiger partial charge < -0.3 is 14.3 Å². The highest BCUT2D eigenvalue weighted by atomic mass is 16.5. The second kappa shape index (κ2) is 7.50. The molecule has 5 nitrogen and oxygen atoms in total. The molecule has 0 aliphatic carbocycles. The Labute approximate surface area is 135 Å². The average Bonchev–Trinajstić information content (AvgIpc) is 3.02. The van der Waals surface area contributed by atoms with Gasteiger partial charge in [-0.1, -0.05) is 26.0 Å². The number of carboxylic acids is 1. The Morgan fingerprint density at radius 1 is 1.35 bits per heavy atom. The van der Waals surface area contributed by atoms with Crippen molar-refractivity contribution in [3.05, 3.63) is 53.5 Å². The quantitative estimate of drug-likeness (QED) is 0.829. The summed E-state index contributed by atoms with van der Waals surface area (Å²) < 4.78 is 10.9. The maximum Gasteiger partial charge on any atom is 0.371 e. The third kappa shape index (κ3) is 4.36. The summed E-state index contributed by atoms with van der Waals surface area (Å²) in [6.45, 7) is 4.58. The van der Waals surface area contributed by atoms with E-state index in [0.29, 0.717) is 24.7 Å². The fraction of sp³-hybridized carbons (Fsp3) is 0.333. The molecule has 1 unspecified atom stereocenters. The first kappa shape index (κ1) is 16.6. The lowest BCUT2D eigenvalue weighted by Gasteiger charge is -2.11. The standard InChI is InChI=1S/C18H19NO4/c1-12(2)13-4-3-5-15(10-13)22-9-8-14(11-19)16-6-7-17(23-16)18(20)21/h3-7,10,12,14H,8-9H2,1-2H3,(H,20,21). The van der Waals surface area contributed by atoms with E-state index >= 15 is 0 Å². The van der Waals surface area contributed by atoms with E-state index in [9.17, 15) is 10.1 Å². The zero-order valence-electron chi connectivity index (χ0n) is 13.2. The van der Waals surface area contributed by atoms with Gasteiger partial charge in [-0.05, 0) is 35.7 Å². The molecular formula is C18H19NO4. The molecule has 1 N–H and O–H groups in total. The SMILES string of the molecule is CC(C)c1cccc(OCCC(C#N)c2ccc(C(=O)O)o2)c1. The molecular weight excluding hydrogens is 294 g/mol. The first-order valence-corrected chi connectivity index (χ1v) is 7.46. The number of rotatable bonds is 7. The molecule has 0 fully saturated rings. The lowest BCUT2D eigenvalue weighted by atomic mass is 10.0. The molecule has 1 heterocycles. The molecule has 0 saturated heterocycles. The topological polar surface area (TPSA) is 83.5 Å². The largest absolute Gasteiger partial charge is 0.494 e. The van der Waals surface area contributed by atoms with Gasteiger partial charge in [0, 0.05) is 6.42 Å². The summed E-state index contributed by atoms with van der Waals surface area (Å²) in [6.07, 6.45) is 0.426. The molecule has 0 radical (unpaired) electrons. The number of carboxylic acid groups (broad SMARTS) is 1. The smallest absolute Gasteiger partial charge is 0.371 e. The Bertz CT molecular complexity index is 712. The highest BCUT2D eigenvalue weighted by Gasteiger charge is 2.17. The van der Waals surface area contributed by atoms with Crippen LogP contribution in [0.5, 0.6) is 5.75 Å². The summed E-state index contributed by atoms with van der Waals surface area (Å²) >= 11 is 0. The Morgan fingerprint density at radius 2 is 2.13 bits per heavy atom. The minimum Gasteiger partial charge on any atom is -0.494 e. The summed E-state index contributed by atoms with van der Waals surface area (Å²) in [5.74, 6) is -0.303. The molecule has 5 heteroatoms. The number of hydrogen-bond donors (Lipinski definition) is 1. The summed E-state index contributed by atoms with van der Waals surface area (Å²) in [7, 11) is 0. The molecule has 0 saturated carbocycles. The first-order chi connectivity index (χ1) is 11.0. The minimum atomic E-state index is -1.14. The predicted octanol–water partition coefficient (Wildman–Crippen LogP) is 4.18. The van der Waals surface area contributed by atoms with Gasteiger partial charge in [-0.25, -0.2) is 4.79 Å². The van der Waals surface area contributed by atoms with Crippen molar-refractivity contribution in [1.29, 1.82) is 5.26 Å². The molecule has 0 aliphatic heterocycles. The predicted molar refractivity (Wildman–Crippen MR) is 84.7 cm³/mol. The normalized spacial score (nSPS) is 11.9. The van der Waals surface area contributed by atoms with Crippen molar-refractivity contribution >= 4 is 5.97 Å². The van der Waals surface area contributed by atoms with E-state index in [-0.39, 0.29) is 5.76 Å². The van der Waals surface area contributed by atoms with Crippen LogP contribution >= 0.6 is 0 Å². The molecule has 120 valence electrons. The van der Waals surface area contributed by atoms with E-state index < -0.39 is 11.9 Å². The number of nitrogens with zero attached hydrogens (tertiary/aromatic N) is 1. The number of furan rings is 1. The molecule has 2 rings (SSSR count). The van der Waals surface area contributed by atoms with Crippen molar-refractivity contribution in [2.75, 3.05) is 6.61 Å². The molecule has 1 aromatic heterocycles. The van der Waals surface area contributed by atoms with Crippen LogP contribution in [0, 0.1) is 11.3 Å². The van der Waals surface area contributed by atoms with Crippen molar-refractivity contribution in [3.63, 3.8) is 0 Å². The lowest BCUT2D eigenvalue weighted by Crippen LogP contribution is -2.04. The second-order valence-corrected chi connectivity index (χ2v) is 5.55. The summed E-state index contributed by atoms with van der Waals surface area (Å²) in [4.78, 5) is 10.8. The minimum absolute atomic E-state index is 0.161. The molecule has 1 aromatic carbocycles.